The van der Waals surface area contributed by atoms with Crippen molar-refractivity contribution in [3.63, 3.8) is 0 Å². The molecule has 106 valence electrons. The molecule has 0 aliphatic rings. The van der Waals surface area contributed by atoms with E-state index < -0.39 is 0 Å². The van der Waals surface area contributed by atoms with Gasteiger partial charge in [-0.3, -0.25) is 0 Å². The Morgan fingerprint density at radius 3 is 2.35 bits per heavy atom. The zero-order valence-electron chi connectivity index (χ0n) is 12.6. The van der Waals surface area contributed by atoms with Gasteiger partial charge in [-0.15, -0.1) is 0 Å². The van der Waals surface area contributed by atoms with Crippen LogP contribution in [0.15, 0.2) is 48.5 Å². The Morgan fingerprint density at radius 1 is 1.05 bits per heavy atom. The smallest absolute Gasteiger partial charge is 0.0426 e. The molecule has 1 atom stereocenters. The van der Waals surface area contributed by atoms with Crippen LogP contribution in [0.1, 0.15) is 23.6 Å². The third-order valence-corrected chi connectivity index (χ3v) is 3.44. The molecule has 0 aliphatic carbocycles. The van der Waals surface area contributed by atoms with Gasteiger partial charge in [0.25, 0.3) is 0 Å². The molecule has 2 aromatic carbocycles. The highest BCUT2D eigenvalue weighted by Gasteiger charge is 2.03. The summed E-state index contributed by atoms with van der Waals surface area (Å²) in [5.74, 6) is 0. The van der Waals surface area contributed by atoms with Crippen molar-refractivity contribution in [2.45, 2.75) is 32.9 Å². The fourth-order valence-corrected chi connectivity index (χ4v) is 2.43. The molecular formula is C18H24N2. The van der Waals surface area contributed by atoms with Crippen LogP contribution in [0.5, 0.6) is 0 Å². The lowest BCUT2D eigenvalue weighted by Crippen LogP contribution is -2.18. The molecule has 0 heterocycles. The lowest BCUT2D eigenvalue weighted by Gasteiger charge is -2.20. The Labute approximate surface area is 122 Å². The van der Waals surface area contributed by atoms with E-state index in [1.54, 1.807) is 0 Å². The molecule has 2 heteroatoms. The first kappa shape index (κ1) is 14.6. The van der Waals surface area contributed by atoms with Gasteiger partial charge in [-0.25, -0.2) is 0 Å². The maximum atomic E-state index is 5.83. The number of benzene rings is 2. The minimum absolute atomic E-state index is 0.214. The summed E-state index contributed by atoms with van der Waals surface area (Å²) in [7, 11) is 2.13. The quantitative estimate of drug-likeness (QED) is 0.899. The van der Waals surface area contributed by atoms with Crippen molar-refractivity contribution in [1.29, 1.82) is 0 Å². The van der Waals surface area contributed by atoms with E-state index in [1.165, 1.54) is 22.4 Å². The van der Waals surface area contributed by atoms with Gasteiger partial charge in [-0.1, -0.05) is 42.0 Å². The zero-order valence-corrected chi connectivity index (χ0v) is 12.6. The molecule has 0 bridgehead atoms. The van der Waals surface area contributed by atoms with Crippen molar-refractivity contribution in [2.24, 2.45) is 5.73 Å². The molecule has 0 radical (unpaired) electrons. The maximum Gasteiger partial charge on any atom is 0.0426 e. The predicted octanol–water partition coefficient (Wildman–Crippen LogP) is 3.52. The summed E-state index contributed by atoms with van der Waals surface area (Å²) in [6.07, 6.45) is 0.932. The van der Waals surface area contributed by atoms with Gasteiger partial charge in [0.2, 0.25) is 0 Å². The number of anilines is 1. The molecule has 2 N–H and O–H groups in total. The number of nitrogens with two attached hydrogens (primary N) is 1. The fraction of sp³-hybridized carbons (Fsp3) is 0.333. The van der Waals surface area contributed by atoms with Gasteiger partial charge in [0.1, 0.15) is 0 Å². The molecule has 0 fully saturated rings. The van der Waals surface area contributed by atoms with E-state index in [0.717, 1.165) is 13.0 Å². The molecule has 2 rings (SSSR count). The van der Waals surface area contributed by atoms with Crippen LogP contribution in [-0.2, 0) is 13.0 Å². The van der Waals surface area contributed by atoms with Crippen LogP contribution in [0.25, 0.3) is 0 Å². The Kier molecular flexibility index (Phi) is 4.80. The van der Waals surface area contributed by atoms with Crippen molar-refractivity contribution in [1.82, 2.24) is 0 Å². The summed E-state index contributed by atoms with van der Waals surface area (Å²) in [5, 5.41) is 0. The molecule has 0 amide bonds. The molecule has 0 aromatic heterocycles. The Bertz CT molecular complexity index is 544. The second-order valence-corrected chi connectivity index (χ2v) is 5.69. The third kappa shape index (κ3) is 4.10. The molecule has 0 aliphatic heterocycles. The maximum absolute atomic E-state index is 5.83. The van der Waals surface area contributed by atoms with E-state index in [0.29, 0.717) is 0 Å². The molecule has 0 saturated heterocycles. The Morgan fingerprint density at radius 2 is 1.75 bits per heavy atom. The van der Waals surface area contributed by atoms with Crippen molar-refractivity contribution in [3.8, 4) is 0 Å². The summed E-state index contributed by atoms with van der Waals surface area (Å²) < 4.78 is 0. The highest BCUT2D eigenvalue weighted by molar-refractivity contribution is 5.47. The number of aryl methyl sites for hydroxylation is 1. The van der Waals surface area contributed by atoms with Crippen molar-refractivity contribution < 1.29 is 0 Å². The predicted molar refractivity (Wildman–Crippen MR) is 87.1 cm³/mol. The van der Waals surface area contributed by atoms with E-state index in [4.69, 9.17) is 5.73 Å². The van der Waals surface area contributed by atoms with Gasteiger partial charge >= 0.3 is 0 Å². The molecule has 1 unspecified atom stereocenters. The van der Waals surface area contributed by atoms with Crippen LogP contribution >= 0.6 is 0 Å². The second kappa shape index (κ2) is 6.58. The summed E-state index contributed by atoms with van der Waals surface area (Å²) in [5.41, 5.74) is 11.0. The normalized spacial score (nSPS) is 12.2. The van der Waals surface area contributed by atoms with Gasteiger partial charge in [-0.05, 0) is 43.5 Å². The van der Waals surface area contributed by atoms with Crippen LogP contribution in [0.3, 0.4) is 0 Å². The monoisotopic (exact) mass is 268 g/mol. The lowest BCUT2D eigenvalue weighted by molar-refractivity contribution is 0.738. The first-order valence-electron chi connectivity index (χ1n) is 7.16. The van der Waals surface area contributed by atoms with Crippen LogP contribution in [0.2, 0.25) is 0 Å². The van der Waals surface area contributed by atoms with Gasteiger partial charge in [0.05, 0.1) is 0 Å². The molecular weight excluding hydrogens is 244 g/mol. The van der Waals surface area contributed by atoms with Gasteiger partial charge in [0.15, 0.2) is 0 Å². The Hall–Kier alpha value is -1.80. The summed E-state index contributed by atoms with van der Waals surface area (Å²) in [6, 6.07) is 17.6. The van der Waals surface area contributed by atoms with Crippen molar-refractivity contribution >= 4 is 5.69 Å². The number of rotatable bonds is 5. The van der Waals surface area contributed by atoms with Gasteiger partial charge in [0, 0.05) is 25.3 Å². The summed E-state index contributed by atoms with van der Waals surface area (Å²) in [6.45, 7) is 5.10. The highest BCUT2D eigenvalue weighted by atomic mass is 15.1. The number of hydrogen-bond donors (Lipinski definition) is 1. The summed E-state index contributed by atoms with van der Waals surface area (Å²) in [4.78, 5) is 2.27. The average Bonchev–Trinajstić information content (AvgIpc) is 2.38. The van der Waals surface area contributed by atoms with E-state index in [2.05, 4.69) is 67.4 Å². The molecule has 2 aromatic rings. The van der Waals surface area contributed by atoms with E-state index in [1.807, 2.05) is 6.92 Å². The van der Waals surface area contributed by atoms with Crippen LogP contribution in [0, 0.1) is 6.92 Å². The van der Waals surface area contributed by atoms with Crippen LogP contribution in [-0.4, -0.2) is 13.1 Å². The lowest BCUT2D eigenvalue weighted by atomic mass is 10.1. The molecule has 0 spiro atoms. The fourth-order valence-electron chi connectivity index (χ4n) is 2.43. The molecule has 20 heavy (non-hydrogen) atoms. The van der Waals surface area contributed by atoms with E-state index in [9.17, 15) is 0 Å². The second-order valence-electron chi connectivity index (χ2n) is 5.69. The van der Waals surface area contributed by atoms with Crippen molar-refractivity contribution in [3.05, 3.63) is 65.2 Å². The standard InChI is InChI=1S/C18H24N2/c1-14-5-4-6-17(11-14)13-20(3)18-9-7-16(8-10-18)12-15(2)19/h4-11,15H,12-13,19H2,1-3H3. The first-order chi connectivity index (χ1) is 9.54. The first-order valence-corrected chi connectivity index (χ1v) is 7.16. The molecule has 2 nitrogen and oxygen atoms in total. The minimum Gasteiger partial charge on any atom is -0.370 e. The third-order valence-electron chi connectivity index (χ3n) is 3.44. The zero-order chi connectivity index (χ0) is 14.5. The van der Waals surface area contributed by atoms with Crippen LogP contribution in [0.4, 0.5) is 5.69 Å². The largest absolute Gasteiger partial charge is 0.370 e. The minimum atomic E-state index is 0.214. The van der Waals surface area contributed by atoms with E-state index >= 15 is 0 Å². The van der Waals surface area contributed by atoms with Gasteiger partial charge < -0.3 is 10.6 Å². The van der Waals surface area contributed by atoms with Crippen LogP contribution < -0.4 is 10.6 Å². The number of nitrogens with zero attached hydrogens (tertiary/aromatic N) is 1. The van der Waals surface area contributed by atoms with Crippen molar-refractivity contribution in [2.75, 3.05) is 11.9 Å². The van der Waals surface area contributed by atoms with E-state index in [-0.39, 0.29) is 6.04 Å². The number of hydrogen-bond acceptors (Lipinski definition) is 2. The average molecular weight is 268 g/mol. The topological polar surface area (TPSA) is 29.3 Å². The van der Waals surface area contributed by atoms with Gasteiger partial charge in [-0.2, -0.15) is 0 Å². The highest BCUT2D eigenvalue weighted by Crippen LogP contribution is 2.17. The molecule has 0 saturated carbocycles. The Balaban J connectivity index is 2.03. The summed E-state index contributed by atoms with van der Waals surface area (Å²) >= 11 is 0. The SMILES string of the molecule is Cc1cccc(CN(C)c2ccc(CC(C)N)cc2)c1.